The van der Waals surface area contributed by atoms with Crippen molar-refractivity contribution in [2.45, 2.75) is 19.8 Å². The molecule has 0 saturated heterocycles. The second-order valence-corrected chi connectivity index (χ2v) is 3.86. The van der Waals surface area contributed by atoms with Gasteiger partial charge in [-0.15, -0.1) is 0 Å². The monoisotopic (exact) mass is 218 g/mol. The Bertz CT molecular complexity index is 423. The molecule has 3 nitrogen and oxygen atoms in total. The number of ketones is 1. The lowest BCUT2D eigenvalue weighted by Gasteiger charge is -2.21. The van der Waals surface area contributed by atoms with Gasteiger partial charge in [0, 0.05) is 5.56 Å². The lowest BCUT2D eigenvalue weighted by molar-refractivity contribution is -0.146. The summed E-state index contributed by atoms with van der Waals surface area (Å²) in [5, 5.41) is 0. The van der Waals surface area contributed by atoms with Crippen LogP contribution in [-0.2, 0) is 16.0 Å². The number of carbonyl (C=O) groups excluding carboxylic acids is 2. The van der Waals surface area contributed by atoms with Crippen LogP contribution in [0, 0.1) is 5.92 Å². The summed E-state index contributed by atoms with van der Waals surface area (Å²) in [5.74, 6) is -1.09. The molecule has 1 atom stereocenters. The molecule has 1 aromatic rings. The molecule has 16 heavy (non-hydrogen) atoms. The summed E-state index contributed by atoms with van der Waals surface area (Å²) in [6.45, 7) is 2.07. The first-order valence-electron chi connectivity index (χ1n) is 5.52. The third-order valence-electron chi connectivity index (χ3n) is 2.87. The number of hydrogen-bond acceptors (Lipinski definition) is 3. The molecule has 0 aromatic heterocycles. The van der Waals surface area contributed by atoms with Gasteiger partial charge in [0.25, 0.3) is 0 Å². The second-order valence-electron chi connectivity index (χ2n) is 3.86. The first kappa shape index (κ1) is 10.9. The highest BCUT2D eigenvalue weighted by atomic mass is 16.5. The van der Waals surface area contributed by atoms with Crippen molar-refractivity contribution in [3.63, 3.8) is 0 Å². The fraction of sp³-hybridized carbons (Fsp3) is 0.385. The lowest BCUT2D eigenvalue weighted by Crippen LogP contribution is -2.30. The van der Waals surface area contributed by atoms with Gasteiger partial charge in [0.1, 0.15) is 5.92 Å². The van der Waals surface area contributed by atoms with Gasteiger partial charge < -0.3 is 4.74 Å². The SMILES string of the molecule is CCOC(=O)[C@@H]1CCc2ccccc2C1=O. The molecule has 1 aliphatic carbocycles. The van der Waals surface area contributed by atoms with Crippen LogP contribution < -0.4 is 0 Å². The standard InChI is InChI=1S/C13H14O3/c1-2-16-13(15)11-8-7-9-5-3-4-6-10(9)12(11)14/h3-6,11H,2,7-8H2,1H3/t11-/m1/s1. The third-order valence-corrected chi connectivity index (χ3v) is 2.87. The highest BCUT2D eigenvalue weighted by molar-refractivity contribution is 6.10. The van der Waals surface area contributed by atoms with E-state index in [-0.39, 0.29) is 11.8 Å². The minimum atomic E-state index is -0.602. The number of esters is 1. The van der Waals surface area contributed by atoms with Crippen molar-refractivity contribution < 1.29 is 14.3 Å². The van der Waals surface area contributed by atoms with Crippen molar-refractivity contribution >= 4 is 11.8 Å². The summed E-state index contributed by atoms with van der Waals surface area (Å²) in [6.07, 6.45) is 1.33. The van der Waals surface area contributed by atoms with Crippen LogP contribution in [0.1, 0.15) is 29.3 Å². The molecule has 0 aliphatic heterocycles. The zero-order valence-electron chi connectivity index (χ0n) is 9.23. The molecule has 0 heterocycles. The van der Waals surface area contributed by atoms with E-state index in [2.05, 4.69) is 0 Å². The second kappa shape index (κ2) is 4.47. The van der Waals surface area contributed by atoms with Crippen molar-refractivity contribution in [2.75, 3.05) is 6.61 Å². The van der Waals surface area contributed by atoms with Crippen molar-refractivity contribution in [1.29, 1.82) is 0 Å². The molecule has 0 N–H and O–H groups in total. The minimum Gasteiger partial charge on any atom is -0.465 e. The topological polar surface area (TPSA) is 43.4 Å². The molecule has 0 amide bonds. The third kappa shape index (κ3) is 1.85. The number of aryl methyl sites for hydroxylation is 1. The fourth-order valence-corrected chi connectivity index (χ4v) is 2.07. The molecule has 1 aromatic carbocycles. The Kier molecular flexibility index (Phi) is 3.04. The number of Topliss-reactive ketones (excluding diaryl/α,β-unsaturated/α-hetero) is 1. The molecule has 0 radical (unpaired) electrons. The van der Waals surface area contributed by atoms with E-state index in [1.807, 2.05) is 18.2 Å². The molecule has 84 valence electrons. The van der Waals surface area contributed by atoms with Crippen molar-refractivity contribution in [1.82, 2.24) is 0 Å². The average Bonchev–Trinajstić information content (AvgIpc) is 2.30. The Balaban J connectivity index is 2.24. The van der Waals surface area contributed by atoms with Crippen LogP contribution in [0.2, 0.25) is 0 Å². The average molecular weight is 218 g/mol. The smallest absolute Gasteiger partial charge is 0.316 e. The largest absolute Gasteiger partial charge is 0.465 e. The Hall–Kier alpha value is -1.64. The Labute approximate surface area is 94.4 Å². The maximum atomic E-state index is 12.0. The molecule has 2 rings (SSSR count). The van der Waals surface area contributed by atoms with Gasteiger partial charge in [-0.3, -0.25) is 9.59 Å². The molecule has 3 heteroatoms. The zero-order valence-corrected chi connectivity index (χ0v) is 9.23. The van der Waals surface area contributed by atoms with Crippen LogP contribution >= 0.6 is 0 Å². The molecule has 0 bridgehead atoms. The first-order valence-corrected chi connectivity index (χ1v) is 5.52. The van der Waals surface area contributed by atoms with E-state index in [1.54, 1.807) is 13.0 Å². The summed E-state index contributed by atoms with van der Waals surface area (Å²) in [6, 6.07) is 7.46. The summed E-state index contributed by atoms with van der Waals surface area (Å²) >= 11 is 0. The van der Waals surface area contributed by atoms with Gasteiger partial charge in [0.2, 0.25) is 0 Å². The highest BCUT2D eigenvalue weighted by Gasteiger charge is 2.33. The van der Waals surface area contributed by atoms with Gasteiger partial charge in [-0.2, -0.15) is 0 Å². The van der Waals surface area contributed by atoms with E-state index in [0.717, 1.165) is 12.0 Å². The van der Waals surface area contributed by atoms with Gasteiger partial charge >= 0.3 is 5.97 Å². The van der Waals surface area contributed by atoms with E-state index in [4.69, 9.17) is 4.74 Å². The molecular formula is C13H14O3. The van der Waals surface area contributed by atoms with E-state index < -0.39 is 5.92 Å². The molecule has 0 spiro atoms. The maximum Gasteiger partial charge on any atom is 0.316 e. The molecule has 0 unspecified atom stereocenters. The van der Waals surface area contributed by atoms with Crippen LogP contribution in [0.25, 0.3) is 0 Å². The summed E-state index contributed by atoms with van der Waals surface area (Å²) in [5.41, 5.74) is 1.71. The van der Waals surface area contributed by atoms with Crippen LogP contribution in [0.15, 0.2) is 24.3 Å². The van der Waals surface area contributed by atoms with E-state index in [9.17, 15) is 9.59 Å². The van der Waals surface area contributed by atoms with Gasteiger partial charge in [0.05, 0.1) is 6.61 Å². The predicted octanol–water partition coefficient (Wildman–Crippen LogP) is 1.99. The molecule has 1 aliphatic rings. The van der Waals surface area contributed by atoms with E-state index >= 15 is 0 Å². The number of rotatable bonds is 2. The molecule has 0 fully saturated rings. The van der Waals surface area contributed by atoms with E-state index in [1.165, 1.54) is 0 Å². The van der Waals surface area contributed by atoms with Crippen molar-refractivity contribution in [3.05, 3.63) is 35.4 Å². The normalized spacial score (nSPS) is 19.1. The predicted molar refractivity (Wildman–Crippen MR) is 59.2 cm³/mol. The minimum absolute atomic E-state index is 0.0969. The maximum absolute atomic E-state index is 12.0. The van der Waals surface area contributed by atoms with E-state index in [0.29, 0.717) is 18.6 Å². The Morgan fingerprint density at radius 3 is 2.94 bits per heavy atom. The Morgan fingerprint density at radius 2 is 2.19 bits per heavy atom. The van der Waals surface area contributed by atoms with Gasteiger partial charge in [-0.05, 0) is 25.3 Å². The number of fused-ring (bicyclic) bond motifs is 1. The summed E-state index contributed by atoms with van der Waals surface area (Å²) in [4.78, 5) is 23.6. The van der Waals surface area contributed by atoms with Crippen molar-refractivity contribution in [3.8, 4) is 0 Å². The van der Waals surface area contributed by atoms with Crippen LogP contribution in [-0.4, -0.2) is 18.4 Å². The van der Waals surface area contributed by atoms with Gasteiger partial charge in [-0.25, -0.2) is 0 Å². The highest BCUT2D eigenvalue weighted by Crippen LogP contribution is 2.26. The van der Waals surface area contributed by atoms with Crippen LogP contribution in [0.4, 0.5) is 0 Å². The van der Waals surface area contributed by atoms with Crippen LogP contribution in [0.3, 0.4) is 0 Å². The quantitative estimate of drug-likeness (QED) is 0.563. The number of carbonyl (C=O) groups is 2. The summed E-state index contributed by atoms with van der Waals surface area (Å²) < 4.78 is 4.91. The number of ether oxygens (including phenoxy) is 1. The first-order chi connectivity index (χ1) is 7.74. The van der Waals surface area contributed by atoms with Gasteiger partial charge in [0.15, 0.2) is 5.78 Å². The van der Waals surface area contributed by atoms with Gasteiger partial charge in [-0.1, -0.05) is 24.3 Å². The van der Waals surface area contributed by atoms with Crippen LogP contribution in [0.5, 0.6) is 0 Å². The van der Waals surface area contributed by atoms with Crippen molar-refractivity contribution in [2.24, 2.45) is 5.92 Å². The molecular weight excluding hydrogens is 204 g/mol. The Morgan fingerprint density at radius 1 is 1.44 bits per heavy atom. The lowest BCUT2D eigenvalue weighted by atomic mass is 9.83. The fourth-order valence-electron chi connectivity index (χ4n) is 2.07. The zero-order chi connectivity index (χ0) is 11.5. The number of hydrogen-bond donors (Lipinski definition) is 0. The summed E-state index contributed by atoms with van der Waals surface area (Å²) in [7, 11) is 0. The molecule has 0 saturated carbocycles. The number of benzene rings is 1.